The second kappa shape index (κ2) is 17.3. The van der Waals surface area contributed by atoms with E-state index in [9.17, 15) is 0 Å². The van der Waals surface area contributed by atoms with Crippen molar-refractivity contribution in [2.24, 2.45) is 0 Å². The van der Waals surface area contributed by atoms with Gasteiger partial charge in [0.25, 0.3) is 0 Å². The van der Waals surface area contributed by atoms with Crippen LogP contribution in [-0.2, 0) is 20.4 Å². The Hall–Kier alpha value is -8.38. The van der Waals surface area contributed by atoms with E-state index in [4.69, 9.17) is 39.9 Å². The minimum absolute atomic E-state index is 0. The summed E-state index contributed by atoms with van der Waals surface area (Å²) >= 11 is 6.24. The molecule has 0 N–H and O–H groups in total. The first-order chi connectivity index (χ1) is 37.7. The van der Waals surface area contributed by atoms with Crippen molar-refractivity contribution >= 4 is 132 Å². The van der Waals surface area contributed by atoms with Gasteiger partial charge in [-0.3, -0.25) is 0 Å². The van der Waals surface area contributed by atoms with Crippen molar-refractivity contribution in [2.45, 2.75) is 0 Å². The molecule has 0 radical (unpaired) electrons. The maximum atomic E-state index is 5.98. The molecule has 0 saturated heterocycles. The average Bonchev–Trinajstić information content (AvgIpc) is 4.39. The van der Waals surface area contributed by atoms with Crippen LogP contribution in [-0.4, -0.2) is 29.9 Å². The van der Waals surface area contributed by atoms with E-state index in [1.165, 1.54) is 0 Å². The Morgan fingerprint density at radius 2 is 0.506 bits per heavy atom. The summed E-state index contributed by atoms with van der Waals surface area (Å²) in [4.78, 5) is 44.5. The monoisotopic (exact) mass is 1150 g/mol. The minimum Gasteiger partial charge on any atom is -0.656 e. The summed E-state index contributed by atoms with van der Waals surface area (Å²) in [5.41, 5.74) is 24.2. The third-order valence-corrected chi connectivity index (χ3v) is 17.5. The molecule has 0 fully saturated rings. The summed E-state index contributed by atoms with van der Waals surface area (Å²) in [5, 5.41) is 21.2. The molecule has 2 aliphatic heterocycles. The molecule has 8 nitrogen and oxygen atoms in total. The number of hydrogen-bond acceptors (Lipinski definition) is 10. The van der Waals surface area contributed by atoms with Gasteiger partial charge in [0.2, 0.25) is 0 Å². The van der Waals surface area contributed by atoms with Crippen LogP contribution in [0.5, 0.6) is 0 Å². The van der Waals surface area contributed by atoms with Crippen LogP contribution < -0.4 is 9.97 Å². The van der Waals surface area contributed by atoms with Crippen LogP contribution in [0.4, 0.5) is 0 Å². The molecule has 3 aliphatic rings. The van der Waals surface area contributed by atoms with Gasteiger partial charge in [0.05, 0.1) is 67.6 Å². The van der Waals surface area contributed by atoms with Crippen LogP contribution >= 0.6 is 45.3 Å². The molecule has 6 aromatic heterocycles. The normalized spacial score (nSPS) is 12.1. The van der Waals surface area contributed by atoms with Crippen molar-refractivity contribution in [1.29, 1.82) is 0 Å². The zero-order chi connectivity index (χ0) is 49.6. The Labute approximate surface area is 467 Å². The first-order valence-corrected chi connectivity index (χ1v) is 28.5. The van der Waals surface area contributed by atoms with Gasteiger partial charge in [-0.05, 0) is 113 Å². The molecule has 77 heavy (non-hydrogen) atoms. The summed E-state index contributed by atoms with van der Waals surface area (Å²) in [5.74, 6) is 0. The van der Waals surface area contributed by atoms with E-state index in [0.29, 0.717) is 0 Å². The quantitative estimate of drug-likeness (QED) is 0.161. The van der Waals surface area contributed by atoms with Gasteiger partial charge in [0, 0.05) is 66.0 Å². The van der Waals surface area contributed by atoms with Gasteiger partial charge < -0.3 is 9.97 Å². The van der Waals surface area contributed by atoms with Gasteiger partial charge in [-0.2, -0.15) is 0 Å². The van der Waals surface area contributed by atoms with Gasteiger partial charge in [-0.1, -0.05) is 97.1 Å². The van der Waals surface area contributed by atoms with Gasteiger partial charge >= 0.3 is 20.4 Å². The molecule has 8 aromatic carbocycles. The molecule has 0 saturated carbocycles. The maximum Gasteiger partial charge on any atom is 2.00 e. The molecule has 0 unspecified atom stereocenters. The van der Waals surface area contributed by atoms with Gasteiger partial charge in [-0.15, -0.1) is 67.4 Å². The average molecular weight is 1150 g/mol. The fraction of sp³-hybridized carbons (Fsp3) is 0. The number of thiazole rings is 4. The Bertz CT molecular complexity index is 4490. The van der Waals surface area contributed by atoms with E-state index in [-0.39, 0.29) is 20.4 Å². The summed E-state index contributed by atoms with van der Waals surface area (Å²) in [7, 11) is 0. The molecule has 0 atom stereocenters. The van der Waals surface area contributed by atoms with Crippen LogP contribution in [0.15, 0.2) is 189 Å². The van der Waals surface area contributed by atoms with Crippen LogP contribution in [0, 0.1) is 0 Å². The maximum absolute atomic E-state index is 5.98. The number of aromatic nitrogens is 8. The first kappa shape index (κ1) is 44.9. The fourth-order valence-corrected chi connectivity index (χ4v) is 13.9. The number of rotatable bonds is 4. The van der Waals surface area contributed by atoms with Crippen LogP contribution in [0.2, 0.25) is 0 Å². The van der Waals surface area contributed by atoms with Crippen LogP contribution in [0.1, 0.15) is 0 Å². The molecule has 13 heteroatoms. The third kappa shape index (κ3) is 6.76. The molecular formula is C64H32N8PdS4. The van der Waals surface area contributed by atoms with Crippen LogP contribution in [0.3, 0.4) is 0 Å². The Kier molecular flexibility index (Phi) is 10.1. The molecule has 0 spiro atoms. The molecule has 1 aliphatic carbocycles. The van der Waals surface area contributed by atoms with E-state index >= 15 is 0 Å². The van der Waals surface area contributed by atoms with Gasteiger partial charge in [0.15, 0.2) is 0 Å². The van der Waals surface area contributed by atoms with Crippen molar-refractivity contribution in [2.75, 3.05) is 0 Å². The van der Waals surface area contributed by atoms with Crippen molar-refractivity contribution in [3.8, 4) is 90.1 Å². The molecule has 14 aromatic rings. The predicted octanol–water partition coefficient (Wildman–Crippen LogP) is 17.7. The SMILES string of the molecule is [Pd+2].c1ccc2cc3c(cc2c1)-c1nc-3c(-c2cscn2)c2[n-]c(c(-c3cscn3)c3nc(c(-c4cscn4)c4[n-]c(c1-c1cscn1)c1cc5ccccc5cc41)-c1cc4ccccc4cc1-3)c1cc3ccccc3cc21. The smallest absolute Gasteiger partial charge is 0.656 e. The zero-order valence-electron chi connectivity index (χ0n) is 40.0. The number of nitrogens with zero attached hydrogens (tertiary/aromatic N) is 8. The molecule has 8 heterocycles. The Morgan fingerprint density at radius 3 is 0.714 bits per heavy atom. The Balaban J connectivity index is 0.00000498. The topological polar surface area (TPSA) is 106 Å². The zero-order valence-corrected chi connectivity index (χ0v) is 44.8. The summed E-state index contributed by atoms with van der Waals surface area (Å²) < 4.78 is 0. The minimum atomic E-state index is 0. The third-order valence-electron chi connectivity index (χ3n) is 15.1. The van der Waals surface area contributed by atoms with E-state index in [2.05, 4.69) is 167 Å². The molecule has 17 rings (SSSR count). The van der Waals surface area contributed by atoms with Crippen molar-refractivity contribution in [3.63, 3.8) is 0 Å². The predicted molar refractivity (Wildman–Crippen MR) is 317 cm³/mol. The summed E-state index contributed by atoms with van der Waals surface area (Å²) in [6.45, 7) is 0. The molecule has 362 valence electrons. The largest absolute Gasteiger partial charge is 2.00 e. The van der Waals surface area contributed by atoms with E-state index < -0.39 is 0 Å². The standard InChI is InChI=1S/C64H32N8S4.Pd/c1-2-10-34-18-42-41(17-33(34)9-1)57-53(49-25-73-29-65-49)59-43-19-35-11-3-4-12-36(35)20-44(43)61(70-59)55(51-27-75-31-67-51)63-47-23-39-15-7-8-16-40(39)24-48(47)64(72-63)56(52-28-76-32-68-52)62-46-22-38-14-6-5-13-37(38)21-45(46)60(71-62)54(58(42)69-57)50-26-74-30-66-50;/h1-32H;/q-2;+2. The molecule has 8 bridgehead atoms. The van der Waals surface area contributed by atoms with E-state index in [1.54, 1.807) is 45.3 Å². The van der Waals surface area contributed by atoms with E-state index in [0.717, 1.165) is 177 Å². The van der Waals surface area contributed by atoms with Gasteiger partial charge in [0.1, 0.15) is 0 Å². The molecular weight excluding hydrogens is 1120 g/mol. The summed E-state index contributed by atoms with van der Waals surface area (Å²) in [6.07, 6.45) is 0. The second-order valence-electron chi connectivity index (χ2n) is 19.2. The number of hydrogen-bond donors (Lipinski definition) is 0. The molecule has 0 amide bonds. The first-order valence-electron chi connectivity index (χ1n) is 24.7. The fourth-order valence-electron chi connectivity index (χ4n) is 11.7. The van der Waals surface area contributed by atoms with Crippen molar-refractivity contribution in [3.05, 3.63) is 189 Å². The van der Waals surface area contributed by atoms with Crippen molar-refractivity contribution < 1.29 is 20.4 Å². The van der Waals surface area contributed by atoms with Gasteiger partial charge in [-0.25, -0.2) is 29.9 Å². The summed E-state index contributed by atoms with van der Waals surface area (Å²) in [6, 6.07) is 52.5. The number of fused-ring (bicyclic) bond motifs is 4. The Morgan fingerprint density at radius 1 is 0.286 bits per heavy atom. The van der Waals surface area contributed by atoms with Crippen LogP contribution in [0.25, 0.3) is 177 Å². The van der Waals surface area contributed by atoms with Crippen molar-refractivity contribution in [1.82, 2.24) is 39.9 Å². The number of benzene rings is 8. The van der Waals surface area contributed by atoms with E-state index in [1.807, 2.05) is 22.0 Å². The second-order valence-corrected chi connectivity index (χ2v) is 22.1.